The molecule has 1 aliphatic rings. The molecule has 1 atom stereocenters. The lowest BCUT2D eigenvalue weighted by Crippen LogP contribution is -2.53. The van der Waals surface area contributed by atoms with Crippen LogP contribution in [0.3, 0.4) is 0 Å². The third-order valence-corrected chi connectivity index (χ3v) is 6.29. The Morgan fingerprint density at radius 1 is 1.03 bits per heavy atom. The Balaban J connectivity index is 1.66. The van der Waals surface area contributed by atoms with Crippen LogP contribution < -0.4 is 4.90 Å². The molecule has 0 aliphatic carbocycles. The van der Waals surface area contributed by atoms with Gasteiger partial charge in [-0.1, -0.05) is 12.1 Å². The molecule has 0 radical (unpaired) electrons. The predicted molar refractivity (Wildman–Crippen MR) is 113 cm³/mol. The van der Waals surface area contributed by atoms with Crippen LogP contribution in [0.25, 0.3) is 11.5 Å². The monoisotopic (exact) mass is 502 g/mol. The van der Waals surface area contributed by atoms with Crippen molar-refractivity contribution in [3.8, 4) is 11.5 Å². The van der Waals surface area contributed by atoms with Gasteiger partial charge in [0.1, 0.15) is 17.3 Å². The molecule has 188 valence electrons. The topological polar surface area (TPSA) is 49.5 Å². The first-order chi connectivity index (χ1) is 16.1. The van der Waals surface area contributed by atoms with Crippen LogP contribution in [0.15, 0.2) is 40.8 Å². The second-order valence-electron chi connectivity index (χ2n) is 8.72. The molecule has 1 aliphatic heterocycles. The molecule has 1 N–H and O–H groups in total. The van der Waals surface area contributed by atoms with Gasteiger partial charge >= 0.3 is 12.4 Å². The fraction of sp³-hybridized carbons (Fsp3) is 0.375. The predicted octanol–water partition coefficient (Wildman–Crippen LogP) is 6.36. The zero-order chi connectivity index (χ0) is 25.9. The number of rotatable bonds is 4. The summed E-state index contributed by atoms with van der Waals surface area (Å²) in [7, 11) is 0. The van der Waals surface area contributed by atoms with Crippen molar-refractivity contribution in [3.05, 3.63) is 70.4 Å². The van der Waals surface area contributed by atoms with Crippen molar-refractivity contribution < 1.29 is 40.3 Å². The van der Waals surface area contributed by atoms with Gasteiger partial charge in [0.05, 0.1) is 6.54 Å². The quantitative estimate of drug-likeness (QED) is 0.422. The highest BCUT2D eigenvalue weighted by Crippen LogP contribution is 2.51. The summed E-state index contributed by atoms with van der Waals surface area (Å²) in [5.74, 6) is 0.369. The van der Waals surface area contributed by atoms with E-state index < -0.39 is 23.5 Å². The molecule has 0 fully saturated rings. The normalized spacial score (nSPS) is 16.7. The number of fused-ring (bicyclic) bond motifs is 1. The number of oxazole rings is 1. The van der Waals surface area contributed by atoms with Crippen LogP contribution >= 0.6 is 0 Å². The maximum absolute atomic E-state index is 13.6. The summed E-state index contributed by atoms with van der Waals surface area (Å²) in [6.07, 6.45) is -11.7. The largest absolute Gasteiger partial charge is 0.441 e. The van der Waals surface area contributed by atoms with Crippen molar-refractivity contribution in [2.45, 2.75) is 57.7 Å². The van der Waals surface area contributed by atoms with Crippen LogP contribution in [0.1, 0.15) is 35.1 Å². The van der Waals surface area contributed by atoms with E-state index in [0.29, 0.717) is 34.3 Å². The number of halogens is 7. The van der Waals surface area contributed by atoms with Gasteiger partial charge in [-0.25, -0.2) is 9.37 Å². The molecule has 4 nitrogen and oxygen atoms in total. The fourth-order valence-electron chi connectivity index (χ4n) is 4.29. The Kier molecular flexibility index (Phi) is 5.90. The van der Waals surface area contributed by atoms with Gasteiger partial charge in [-0.3, -0.25) is 0 Å². The second-order valence-corrected chi connectivity index (χ2v) is 8.72. The lowest BCUT2D eigenvalue weighted by molar-refractivity contribution is -0.376. The fourth-order valence-corrected chi connectivity index (χ4v) is 4.29. The van der Waals surface area contributed by atoms with E-state index in [-0.39, 0.29) is 36.3 Å². The van der Waals surface area contributed by atoms with Gasteiger partial charge in [0.15, 0.2) is 0 Å². The molecule has 2 aromatic carbocycles. The number of hydrogen-bond acceptors (Lipinski definition) is 4. The van der Waals surface area contributed by atoms with Crippen molar-refractivity contribution in [3.63, 3.8) is 0 Å². The van der Waals surface area contributed by atoms with Crippen molar-refractivity contribution in [1.82, 2.24) is 4.98 Å². The number of nitrogens with zero attached hydrogens (tertiary/aromatic N) is 2. The van der Waals surface area contributed by atoms with E-state index in [1.165, 1.54) is 12.1 Å². The van der Waals surface area contributed by atoms with E-state index in [1.807, 2.05) is 0 Å². The Hall–Kier alpha value is -3.08. The average Bonchev–Trinajstić information content (AvgIpc) is 3.27. The zero-order valence-corrected chi connectivity index (χ0v) is 18.9. The molecule has 0 saturated carbocycles. The van der Waals surface area contributed by atoms with Gasteiger partial charge in [-0.15, -0.1) is 0 Å². The van der Waals surface area contributed by atoms with Crippen LogP contribution in [0.5, 0.6) is 0 Å². The molecular formula is C24H21F7N2O2. The third-order valence-electron chi connectivity index (χ3n) is 6.29. The molecule has 4 rings (SSSR count). The number of hydrogen-bond donors (Lipinski definition) is 1. The van der Waals surface area contributed by atoms with Crippen LogP contribution in [0.2, 0.25) is 0 Å². The van der Waals surface area contributed by atoms with Gasteiger partial charge < -0.3 is 14.4 Å². The Labute approximate surface area is 196 Å². The van der Waals surface area contributed by atoms with Gasteiger partial charge in [-0.05, 0) is 62.6 Å². The molecule has 1 unspecified atom stereocenters. The summed E-state index contributed by atoms with van der Waals surface area (Å²) in [6, 6.07) is 6.69. The lowest BCUT2D eigenvalue weighted by atomic mass is 9.90. The minimum atomic E-state index is -5.95. The van der Waals surface area contributed by atoms with Gasteiger partial charge in [0.2, 0.25) is 5.89 Å². The Morgan fingerprint density at radius 3 is 2.29 bits per heavy atom. The SMILES string of the molecule is Cc1cc(-c2nc(CN3c4ccc(C(O)(C(F)(F)F)C(F)(F)F)cc4CC3C)c(C)o2)ccc1F. The Morgan fingerprint density at radius 2 is 1.69 bits per heavy atom. The summed E-state index contributed by atoms with van der Waals surface area (Å²) >= 11 is 0. The summed E-state index contributed by atoms with van der Waals surface area (Å²) < 4.78 is 99.1. The van der Waals surface area contributed by atoms with E-state index in [2.05, 4.69) is 4.98 Å². The van der Waals surface area contributed by atoms with Crippen LogP contribution in [-0.2, 0) is 18.6 Å². The smallest absolute Gasteiger partial charge is 0.430 e. The van der Waals surface area contributed by atoms with Crippen LogP contribution in [-0.4, -0.2) is 28.5 Å². The molecule has 1 aromatic heterocycles. The highest BCUT2D eigenvalue weighted by atomic mass is 19.4. The summed E-state index contributed by atoms with van der Waals surface area (Å²) in [5, 5.41) is 9.73. The first-order valence-electron chi connectivity index (χ1n) is 10.6. The number of benzene rings is 2. The molecule has 11 heteroatoms. The Bertz CT molecular complexity index is 1250. The molecule has 35 heavy (non-hydrogen) atoms. The maximum Gasteiger partial charge on any atom is 0.430 e. The van der Waals surface area contributed by atoms with Crippen molar-refractivity contribution in [2.24, 2.45) is 0 Å². The number of aliphatic hydroxyl groups is 1. The highest BCUT2D eigenvalue weighted by Gasteiger charge is 2.71. The van der Waals surface area contributed by atoms with Gasteiger partial charge in [0, 0.05) is 22.9 Å². The van der Waals surface area contributed by atoms with Gasteiger partial charge in [-0.2, -0.15) is 26.3 Å². The van der Waals surface area contributed by atoms with E-state index >= 15 is 0 Å². The van der Waals surface area contributed by atoms with Crippen molar-refractivity contribution >= 4 is 5.69 Å². The van der Waals surface area contributed by atoms with Gasteiger partial charge in [0.25, 0.3) is 5.60 Å². The molecule has 0 amide bonds. The number of aryl methyl sites for hydroxylation is 2. The zero-order valence-electron chi connectivity index (χ0n) is 18.9. The van der Waals surface area contributed by atoms with E-state index in [1.54, 1.807) is 31.7 Å². The summed E-state index contributed by atoms with van der Waals surface area (Å²) in [4.78, 5) is 6.27. The average molecular weight is 502 g/mol. The lowest BCUT2D eigenvalue weighted by Gasteiger charge is -2.33. The van der Waals surface area contributed by atoms with Crippen LogP contribution in [0, 0.1) is 19.7 Å². The molecular weight excluding hydrogens is 481 g/mol. The minimum absolute atomic E-state index is 0.176. The summed E-state index contributed by atoms with van der Waals surface area (Å²) in [5.41, 5.74) is -4.07. The standard InChI is InChI=1S/C24H21F7N2O2/c1-12-8-15(4-6-18(12)25)21-32-19(14(3)35-21)11-33-13(2)9-16-10-17(5-7-20(16)33)22(34,23(26,27)28)24(29,30)31/h4-8,10,13,34H,9,11H2,1-3H3. The molecule has 3 aromatic rings. The van der Waals surface area contributed by atoms with Crippen LogP contribution in [0.4, 0.5) is 36.4 Å². The maximum atomic E-state index is 13.6. The first-order valence-corrected chi connectivity index (χ1v) is 10.6. The summed E-state index contributed by atoms with van der Waals surface area (Å²) in [6.45, 7) is 5.25. The molecule has 0 spiro atoms. The second kappa shape index (κ2) is 8.25. The highest BCUT2D eigenvalue weighted by molar-refractivity contribution is 5.62. The number of alkyl halides is 6. The van der Waals surface area contributed by atoms with E-state index in [0.717, 1.165) is 12.1 Å². The molecule has 0 saturated heterocycles. The van der Waals surface area contributed by atoms with E-state index in [4.69, 9.17) is 4.42 Å². The molecule has 2 heterocycles. The minimum Gasteiger partial charge on any atom is -0.441 e. The molecule has 0 bridgehead atoms. The van der Waals surface area contributed by atoms with Crippen molar-refractivity contribution in [2.75, 3.05) is 4.90 Å². The number of anilines is 1. The first kappa shape index (κ1) is 25.0. The van der Waals surface area contributed by atoms with Crippen molar-refractivity contribution in [1.29, 1.82) is 0 Å². The van der Waals surface area contributed by atoms with E-state index in [9.17, 15) is 35.8 Å². The third kappa shape index (κ3) is 4.15. The number of aromatic nitrogens is 1.